The molecule has 128 valence electrons. The van der Waals surface area contributed by atoms with Crippen LogP contribution in [0.25, 0.3) is 27.1 Å². The number of allylic oxidation sites excluding steroid dienone is 4. The molecule has 0 amide bonds. The Balaban J connectivity index is 0.000000239. The summed E-state index contributed by atoms with van der Waals surface area (Å²) in [6.07, 6.45) is 8.51. The minimum absolute atomic E-state index is 0. The summed E-state index contributed by atoms with van der Waals surface area (Å²) in [5.41, 5.74) is 2.56. The molecule has 0 atom stereocenters. The van der Waals surface area contributed by atoms with Crippen LogP contribution in [-0.2, 0) is 26.2 Å². The van der Waals surface area contributed by atoms with Gasteiger partial charge in [-0.25, -0.2) is 0 Å². The molecule has 0 aliphatic heterocycles. The number of thiophene rings is 1. The average molecular weight is 475 g/mol. The standard InChI is InChI=1S/C13H9.C9H7S.2ClH.Zr/c1-3-7-12-10(5-1)9-11-6-2-4-8-13(11)12;1-2-4-8(3-1)9-5-6-10-7-9;;;/h1-9H;1,3,5-7H,2H2;2*1H;/q2*-1;;;+4/p-2. The Morgan fingerprint density at radius 1 is 0.846 bits per heavy atom. The van der Waals surface area contributed by atoms with Crippen molar-refractivity contribution in [2.45, 2.75) is 6.42 Å². The van der Waals surface area contributed by atoms with Crippen molar-refractivity contribution in [3.05, 3.63) is 95.2 Å². The molecule has 0 bridgehead atoms. The van der Waals surface area contributed by atoms with Gasteiger partial charge in [-0.15, -0.1) is 51.4 Å². The predicted molar refractivity (Wildman–Crippen MR) is 102 cm³/mol. The quantitative estimate of drug-likeness (QED) is 0.355. The molecule has 5 rings (SSSR count). The molecule has 1 aromatic heterocycles. The van der Waals surface area contributed by atoms with Gasteiger partial charge in [0.2, 0.25) is 0 Å². The average Bonchev–Trinajstić information content (AvgIpc) is 3.34. The number of benzene rings is 2. The van der Waals surface area contributed by atoms with Gasteiger partial charge in [-0.2, -0.15) is 29.1 Å². The third-order valence-corrected chi connectivity index (χ3v) is 4.73. The molecular formula is C22H16Cl2SZr. The molecule has 0 nitrogen and oxygen atoms in total. The zero-order valence-electron chi connectivity index (χ0n) is 14.0. The first-order valence-corrected chi connectivity index (χ1v) is 8.69. The van der Waals surface area contributed by atoms with Crippen molar-refractivity contribution in [2.24, 2.45) is 0 Å². The Labute approximate surface area is 189 Å². The van der Waals surface area contributed by atoms with Crippen molar-refractivity contribution in [1.29, 1.82) is 0 Å². The number of hydrogen-bond acceptors (Lipinski definition) is 1. The maximum Gasteiger partial charge on any atom is 4.00 e. The second-order valence-electron chi connectivity index (χ2n) is 5.53. The first kappa shape index (κ1) is 23.0. The van der Waals surface area contributed by atoms with Crippen LogP contribution in [0.15, 0.2) is 83.6 Å². The monoisotopic (exact) mass is 472 g/mol. The molecule has 26 heavy (non-hydrogen) atoms. The van der Waals surface area contributed by atoms with Crippen molar-refractivity contribution in [3.8, 4) is 0 Å². The van der Waals surface area contributed by atoms with Gasteiger partial charge < -0.3 is 24.8 Å². The summed E-state index contributed by atoms with van der Waals surface area (Å²) in [6, 6.07) is 21.4. The Morgan fingerprint density at radius 3 is 1.96 bits per heavy atom. The van der Waals surface area contributed by atoms with Crippen LogP contribution in [0.5, 0.6) is 0 Å². The number of fused-ring (bicyclic) bond motifs is 3. The van der Waals surface area contributed by atoms with Gasteiger partial charge in [-0.3, -0.25) is 0 Å². The fraction of sp³-hybridized carbons (Fsp3) is 0.0455. The smallest absolute Gasteiger partial charge is 1.00 e. The summed E-state index contributed by atoms with van der Waals surface area (Å²) in [7, 11) is 0. The van der Waals surface area contributed by atoms with E-state index in [1.807, 2.05) is 0 Å². The minimum atomic E-state index is 0. The van der Waals surface area contributed by atoms with Crippen molar-refractivity contribution < 1.29 is 51.0 Å². The van der Waals surface area contributed by atoms with E-state index in [1.165, 1.54) is 32.7 Å². The molecule has 0 saturated heterocycles. The second-order valence-corrected chi connectivity index (χ2v) is 6.31. The summed E-state index contributed by atoms with van der Waals surface area (Å²) in [6.45, 7) is 0. The predicted octanol–water partition coefficient (Wildman–Crippen LogP) is 0.612. The summed E-state index contributed by atoms with van der Waals surface area (Å²) in [5, 5.41) is 9.64. The van der Waals surface area contributed by atoms with Crippen molar-refractivity contribution >= 4 is 38.5 Å². The molecule has 3 aromatic carbocycles. The Morgan fingerprint density at radius 2 is 1.46 bits per heavy atom. The Kier molecular flexibility index (Phi) is 9.68. The van der Waals surface area contributed by atoms with Gasteiger partial charge in [-0.05, 0) is 5.38 Å². The number of halogens is 2. The van der Waals surface area contributed by atoms with Gasteiger partial charge >= 0.3 is 26.2 Å². The first-order valence-electron chi connectivity index (χ1n) is 7.75. The van der Waals surface area contributed by atoms with Gasteiger partial charge in [0, 0.05) is 0 Å². The van der Waals surface area contributed by atoms with Crippen LogP contribution in [0.2, 0.25) is 0 Å². The van der Waals surface area contributed by atoms with Gasteiger partial charge in [0.1, 0.15) is 0 Å². The third kappa shape index (κ3) is 5.02. The van der Waals surface area contributed by atoms with Gasteiger partial charge in [-0.1, -0.05) is 54.3 Å². The second kappa shape index (κ2) is 10.9. The van der Waals surface area contributed by atoms with Crippen LogP contribution < -0.4 is 24.8 Å². The third-order valence-electron chi connectivity index (χ3n) is 4.05. The number of hydrogen-bond donors (Lipinski definition) is 0. The summed E-state index contributed by atoms with van der Waals surface area (Å²) in [5.74, 6) is 0. The summed E-state index contributed by atoms with van der Waals surface area (Å²) in [4.78, 5) is 0. The van der Waals surface area contributed by atoms with E-state index in [9.17, 15) is 0 Å². The molecule has 0 spiro atoms. The normalized spacial score (nSPS) is 11.6. The van der Waals surface area contributed by atoms with E-state index in [0.717, 1.165) is 6.42 Å². The fourth-order valence-corrected chi connectivity index (χ4v) is 3.58. The molecule has 1 aliphatic rings. The van der Waals surface area contributed by atoms with Crippen LogP contribution in [0, 0.1) is 6.08 Å². The maximum atomic E-state index is 3.27. The van der Waals surface area contributed by atoms with E-state index in [4.69, 9.17) is 0 Å². The molecule has 4 aromatic rings. The number of rotatable bonds is 1. The molecule has 0 fully saturated rings. The van der Waals surface area contributed by atoms with Crippen molar-refractivity contribution in [1.82, 2.24) is 0 Å². The largest absolute Gasteiger partial charge is 4.00 e. The molecule has 0 N–H and O–H groups in total. The van der Waals surface area contributed by atoms with E-state index in [2.05, 4.69) is 89.7 Å². The Bertz CT molecular complexity index is 947. The van der Waals surface area contributed by atoms with Gasteiger partial charge in [0.25, 0.3) is 0 Å². The van der Waals surface area contributed by atoms with Crippen LogP contribution >= 0.6 is 11.3 Å². The van der Waals surface area contributed by atoms with Crippen molar-refractivity contribution in [2.75, 3.05) is 0 Å². The molecule has 0 radical (unpaired) electrons. The molecule has 1 heterocycles. The van der Waals surface area contributed by atoms with Crippen molar-refractivity contribution in [3.63, 3.8) is 0 Å². The van der Waals surface area contributed by atoms with Gasteiger partial charge in [0.05, 0.1) is 0 Å². The topological polar surface area (TPSA) is 0 Å². The zero-order chi connectivity index (χ0) is 15.5. The molecule has 0 saturated carbocycles. The first-order chi connectivity index (χ1) is 11.4. The van der Waals surface area contributed by atoms with Crippen LogP contribution in [-0.4, -0.2) is 0 Å². The van der Waals surface area contributed by atoms with E-state index < -0.39 is 0 Å². The van der Waals surface area contributed by atoms with E-state index in [1.54, 1.807) is 11.3 Å². The van der Waals surface area contributed by atoms with E-state index in [0.29, 0.717) is 0 Å². The zero-order valence-corrected chi connectivity index (χ0v) is 18.7. The molecule has 4 heteroatoms. The van der Waals surface area contributed by atoms with Crippen LogP contribution in [0.4, 0.5) is 0 Å². The van der Waals surface area contributed by atoms with Crippen LogP contribution in [0.3, 0.4) is 0 Å². The van der Waals surface area contributed by atoms with Gasteiger partial charge in [0.15, 0.2) is 0 Å². The van der Waals surface area contributed by atoms with Crippen LogP contribution in [0.1, 0.15) is 12.0 Å². The minimum Gasteiger partial charge on any atom is -1.00 e. The van der Waals surface area contributed by atoms with E-state index >= 15 is 0 Å². The fourth-order valence-electron chi connectivity index (χ4n) is 2.92. The summed E-state index contributed by atoms with van der Waals surface area (Å²) < 4.78 is 0. The molecule has 1 aliphatic carbocycles. The molecular weight excluding hydrogens is 458 g/mol. The Hall–Kier alpha value is -1.05. The summed E-state index contributed by atoms with van der Waals surface area (Å²) >= 11 is 1.73. The maximum absolute atomic E-state index is 3.27. The SMILES string of the molecule is [C-]1=C(c2ccsc2)C=CC1.[Cl-].[Cl-].[Zr+4].c1ccc2c(c1)[cH-]c1ccccc12. The van der Waals surface area contributed by atoms with E-state index in [-0.39, 0.29) is 51.0 Å². The molecule has 0 unspecified atom stereocenters.